The summed E-state index contributed by atoms with van der Waals surface area (Å²) in [6, 6.07) is 13.8. The third-order valence-corrected chi connectivity index (χ3v) is 4.49. The highest BCUT2D eigenvalue weighted by atomic mass is 35.5. The van der Waals surface area contributed by atoms with Crippen LogP contribution in [0.1, 0.15) is 17.5 Å². The summed E-state index contributed by atoms with van der Waals surface area (Å²) in [7, 11) is 0. The van der Waals surface area contributed by atoms with Gasteiger partial charge in [0.05, 0.1) is 0 Å². The molecule has 0 radical (unpaired) electrons. The van der Waals surface area contributed by atoms with E-state index in [1.165, 1.54) is 5.56 Å². The van der Waals surface area contributed by atoms with Crippen LogP contribution in [0.2, 0.25) is 5.02 Å². The number of hydrogen-bond acceptors (Lipinski definition) is 2. The molecule has 0 saturated heterocycles. The van der Waals surface area contributed by atoms with Crippen molar-refractivity contribution in [3.8, 4) is 0 Å². The van der Waals surface area contributed by atoms with Crippen LogP contribution < -0.4 is 16.0 Å². The zero-order valence-corrected chi connectivity index (χ0v) is 13.8. The van der Waals surface area contributed by atoms with Crippen molar-refractivity contribution in [3.63, 3.8) is 0 Å². The average molecular weight is 330 g/mol. The number of anilines is 2. The number of fused-ring (bicyclic) bond motifs is 1. The first-order valence-corrected chi connectivity index (χ1v) is 8.15. The molecule has 23 heavy (non-hydrogen) atoms. The molecule has 2 aromatic carbocycles. The molecular formula is C18H20ClN3O. The second-order valence-electron chi connectivity index (χ2n) is 5.84. The smallest absolute Gasteiger partial charge is 0.319 e. The fourth-order valence-corrected chi connectivity index (χ4v) is 2.90. The summed E-state index contributed by atoms with van der Waals surface area (Å²) in [4.78, 5) is 12.0. The lowest BCUT2D eigenvalue weighted by Crippen LogP contribution is -2.40. The van der Waals surface area contributed by atoms with Crippen molar-refractivity contribution in [3.05, 3.63) is 58.6 Å². The molecule has 5 heteroatoms. The predicted molar refractivity (Wildman–Crippen MR) is 95.4 cm³/mol. The number of hydrogen-bond donors (Lipinski definition) is 3. The number of carbonyl (C=O) groups excluding carboxylic acids is 1. The third-order valence-electron chi connectivity index (χ3n) is 4.08. The Morgan fingerprint density at radius 1 is 1.30 bits per heavy atom. The maximum atomic E-state index is 12.0. The molecule has 2 aromatic rings. The van der Waals surface area contributed by atoms with Crippen molar-refractivity contribution in [2.24, 2.45) is 0 Å². The van der Waals surface area contributed by atoms with E-state index in [9.17, 15) is 4.79 Å². The van der Waals surface area contributed by atoms with Crippen LogP contribution >= 0.6 is 11.6 Å². The highest BCUT2D eigenvalue weighted by Gasteiger charge is 2.17. The van der Waals surface area contributed by atoms with Crippen LogP contribution in [0.5, 0.6) is 0 Å². The van der Waals surface area contributed by atoms with Gasteiger partial charge in [0.25, 0.3) is 0 Å². The Balaban J connectivity index is 1.51. The monoisotopic (exact) mass is 329 g/mol. The molecule has 4 nitrogen and oxygen atoms in total. The fraction of sp³-hybridized carbons (Fsp3) is 0.278. The van der Waals surface area contributed by atoms with Crippen molar-refractivity contribution in [2.75, 3.05) is 17.2 Å². The molecule has 0 saturated carbocycles. The summed E-state index contributed by atoms with van der Waals surface area (Å²) in [5.74, 6) is 0. The lowest BCUT2D eigenvalue weighted by molar-refractivity contribution is 0.251. The summed E-state index contributed by atoms with van der Waals surface area (Å²) in [6.45, 7) is 2.51. The Labute approximate surface area is 141 Å². The van der Waals surface area contributed by atoms with Gasteiger partial charge in [-0.25, -0.2) is 4.79 Å². The van der Waals surface area contributed by atoms with E-state index in [0.29, 0.717) is 17.3 Å². The third kappa shape index (κ3) is 3.96. The summed E-state index contributed by atoms with van der Waals surface area (Å²) >= 11 is 6.06. The molecular weight excluding hydrogens is 310 g/mol. The Bertz CT molecular complexity index is 717. The molecule has 1 unspecified atom stereocenters. The van der Waals surface area contributed by atoms with Crippen molar-refractivity contribution in [1.29, 1.82) is 0 Å². The number of halogens is 1. The summed E-state index contributed by atoms with van der Waals surface area (Å²) in [5.41, 5.74) is 4.18. The van der Waals surface area contributed by atoms with Crippen LogP contribution in [-0.2, 0) is 6.42 Å². The fourth-order valence-electron chi connectivity index (χ4n) is 2.72. The van der Waals surface area contributed by atoms with Gasteiger partial charge >= 0.3 is 6.03 Å². The molecule has 1 aliphatic rings. The minimum atomic E-state index is -0.217. The highest BCUT2D eigenvalue weighted by molar-refractivity contribution is 6.31. The van der Waals surface area contributed by atoms with Crippen molar-refractivity contribution in [1.82, 2.24) is 5.32 Å². The van der Waals surface area contributed by atoms with Crippen molar-refractivity contribution < 1.29 is 4.79 Å². The highest BCUT2D eigenvalue weighted by Crippen LogP contribution is 2.24. The molecule has 1 atom stereocenters. The lowest BCUT2D eigenvalue weighted by atomic mass is 9.98. The van der Waals surface area contributed by atoms with Crippen LogP contribution in [0.3, 0.4) is 0 Å². The predicted octanol–water partition coefficient (Wildman–Crippen LogP) is 4.20. The minimum Gasteiger partial charge on any atom is -0.380 e. The van der Waals surface area contributed by atoms with Gasteiger partial charge in [0.2, 0.25) is 0 Å². The molecule has 3 rings (SSSR count). The Morgan fingerprint density at radius 2 is 2.13 bits per heavy atom. The van der Waals surface area contributed by atoms with Crippen LogP contribution in [-0.4, -0.2) is 18.6 Å². The van der Waals surface area contributed by atoms with E-state index in [4.69, 9.17) is 11.6 Å². The van der Waals surface area contributed by atoms with Crippen LogP contribution in [0.15, 0.2) is 42.5 Å². The molecule has 0 aromatic heterocycles. The topological polar surface area (TPSA) is 53.2 Å². The van der Waals surface area contributed by atoms with E-state index in [-0.39, 0.29) is 12.1 Å². The normalized spacial score (nSPS) is 16.2. The minimum absolute atomic E-state index is 0.217. The van der Waals surface area contributed by atoms with E-state index < -0.39 is 0 Å². The maximum absolute atomic E-state index is 12.0. The average Bonchev–Trinajstić information content (AvgIpc) is 2.56. The Hall–Kier alpha value is -2.20. The number of aryl methyl sites for hydroxylation is 2. The van der Waals surface area contributed by atoms with Gasteiger partial charge in [0.15, 0.2) is 0 Å². The van der Waals surface area contributed by atoms with Crippen LogP contribution in [0.4, 0.5) is 16.2 Å². The van der Waals surface area contributed by atoms with Gasteiger partial charge in [-0.05, 0) is 49.1 Å². The number of carbonyl (C=O) groups is 1. The van der Waals surface area contributed by atoms with Crippen LogP contribution in [0, 0.1) is 6.92 Å². The van der Waals surface area contributed by atoms with E-state index in [1.807, 2.05) is 25.1 Å². The number of nitrogens with one attached hydrogen (secondary N) is 3. The maximum Gasteiger partial charge on any atom is 0.319 e. The summed E-state index contributed by atoms with van der Waals surface area (Å²) in [6.07, 6.45) is 2.04. The Morgan fingerprint density at radius 3 is 2.96 bits per heavy atom. The Kier molecular flexibility index (Phi) is 4.72. The number of benzene rings is 2. The SMILES string of the molecule is Cc1ccc(NC(=O)NCC2CCc3ccccc3N2)cc1Cl. The molecule has 1 heterocycles. The number of urea groups is 1. The van der Waals surface area contributed by atoms with Crippen LogP contribution in [0.25, 0.3) is 0 Å². The number of para-hydroxylation sites is 1. The van der Waals surface area contributed by atoms with Gasteiger partial charge in [-0.3, -0.25) is 0 Å². The summed E-state index contributed by atoms with van der Waals surface area (Å²) < 4.78 is 0. The molecule has 3 N–H and O–H groups in total. The molecule has 0 bridgehead atoms. The standard InChI is InChI=1S/C18H20ClN3O/c1-12-6-8-14(10-16(12)19)22-18(23)20-11-15-9-7-13-4-2-3-5-17(13)21-15/h2-6,8,10,15,21H,7,9,11H2,1H3,(H2,20,22,23). The van der Waals surface area contributed by atoms with Crippen molar-refractivity contribution in [2.45, 2.75) is 25.8 Å². The molecule has 2 amide bonds. The first-order valence-electron chi connectivity index (χ1n) is 7.77. The van der Waals surface area contributed by atoms with Gasteiger partial charge in [0.1, 0.15) is 0 Å². The van der Waals surface area contributed by atoms with Gasteiger partial charge < -0.3 is 16.0 Å². The number of rotatable bonds is 3. The molecule has 0 fully saturated rings. The van der Waals surface area contributed by atoms with Gasteiger partial charge in [-0.1, -0.05) is 35.9 Å². The van der Waals surface area contributed by atoms with E-state index in [0.717, 1.165) is 24.1 Å². The first-order chi connectivity index (χ1) is 11.1. The second kappa shape index (κ2) is 6.92. The van der Waals surface area contributed by atoms with E-state index in [2.05, 4.69) is 34.1 Å². The zero-order valence-electron chi connectivity index (χ0n) is 13.0. The molecule has 120 valence electrons. The van der Waals surface area contributed by atoms with E-state index in [1.54, 1.807) is 6.07 Å². The van der Waals surface area contributed by atoms with E-state index >= 15 is 0 Å². The second-order valence-corrected chi connectivity index (χ2v) is 6.24. The van der Waals surface area contributed by atoms with Gasteiger partial charge in [0, 0.05) is 29.0 Å². The quantitative estimate of drug-likeness (QED) is 0.790. The van der Waals surface area contributed by atoms with Crippen molar-refractivity contribution >= 4 is 29.0 Å². The molecule has 0 aliphatic carbocycles. The number of amides is 2. The first kappa shape index (κ1) is 15.7. The van der Waals surface area contributed by atoms with Gasteiger partial charge in [-0.15, -0.1) is 0 Å². The zero-order chi connectivity index (χ0) is 16.2. The van der Waals surface area contributed by atoms with Gasteiger partial charge in [-0.2, -0.15) is 0 Å². The molecule has 0 spiro atoms. The molecule has 1 aliphatic heterocycles. The lowest BCUT2D eigenvalue weighted by Gasteiger charge is -2.27. The summed E-state index contributed by atoms with van der Waals surface area (Å²) in [5, 5.41) is 9.83. The largest absolute Gasteiger partial charge is 0.380 e.